The molecule has 0 aromatic carbocycles. The van der Waals surface area contributed by atoms with Gasteiger partial charge in [0.1, 0.15) is 18.5 Å². The Labute approximate surface area is 105 Å². The van der Waals surface area contributed by atoms with Crippen LogP contribution in [0.15, 0.2) is 37.3 Å². The van der Waals surface area contributed by atoms with E-state index in [1.54, 1.807) is 18.9 Å². The highest BCUT2D eigenvalue weighted by molar-refractivity contribution is 5.45. The standard InChI is InChI=1S/C12H14N6/c1-2-13-10-16-12(1)18-5-3-17(4-6-18)11-7-14-9-15-8-11/h1-2,7-10H,3-6H2. The summed E-state index contributed by atoms with van der Waals surface area (Å²) in [6.07, 6.45) is 8.63. The molecular formula is C12H14N6. The van der Waals surface area contributed by atoms with Gasteiger partial charge in [0.15, 0.2) is 0 Å². The van der Waals surface area contributed by atoms with E-state index in [2.05, 4.69) is 29.7 Å². The molecule has 6 heteroatoms. The van der Waals surface area contributed by atoms with Crippen molar-refractivity contribution in [2.75, 3.05) is 36.0 Å². The van der Waals surface area contributed by atoms with Crippen LogP contribution in [-0.4, -0.2) is 46.1 Å². The molecule has 0 amide bonds. The van der Waals surface area contributed by atoms with Crippen molar-refractivity contribution in [3.05, 3.63) is 37.3 Å². The molecule has 18 heavy (non-hydrogen) atoms. The van der Waals surface area contributed by atoms with E-state index in [1.807, 2.05) is 18.5 Å². The second-order valence-electron chi connectivity index (χ2n) is 4.14. The third kappa shape index (κ3) is 2.22. The van der Waals surface area contributed by atoms with Crippen molar-refractivity contribution >= 4 is 11.5 Å². The molecule has 0 saturated carbocycles. The highest BCUT2D eigenvalue weighted by atomic mass is 15.3. The molecule has 1 aliphatic rings. The lowest BCUT2D eigenvalue weighted by molar-refractivity contribution is 0.645. The van der Waals surface area contributed by atoms with Crippen molar-refractivity contribution in [1.29, 1.82) is 0 Å². The molecule has 0 unspecified atom stereocenters. The molecule has 0 aliphatic carbocycles. The van der Waals surface area contributed by atoms with Gasteiger partial charge >= 0.3 is 0 Å². The van der Waals surface area contributed by atoms with Crippen LogP contribution in [0.1, 0.15) is 0 Å². The third-order valence-electron chi connectivity index (χ3n) is 3.08. The normalized spacial score (nSPS) is 15.8. The minimum Gasteiger partial charge on any atom is -0.365 e. The maximum Gasteiger partial charge on any atom is 0.132 e. The first-order valence-electron chi connectivity index (χ1n) is 5.94. The Kier molecular flexibility index (Phi) is 2.99. The molecule has 0 spiro atoms. The molecule has 2 aromatic rings. The van der Waals surface area contributed by atoms with Crippen LogP contribution in [-0.2, 0) is 0 Å². The Hall–Kier alpha value is -2.24. The predicted octanol–water partition coefficient (Wildman–Crippen LogP) is 0.593. The SMILES string of the molecule is c1cc(N2CCN(c3cncnc3)CC2)ncn1. The lowest BCUT2D eigenvalue weighted by atomic mass is 10.3. The fourth-order valence-corrected chi connectivity index (χ4v) is 2.12. The minimum atomic E-state index is 0.950. The van der Waals surface area contributed by atoms with Crippen LogP contribution in [0.5, 0.6) is 0 Å². The minimum absolute atomic E-state index is 0.950. The molecule has 1 saturated heterocycles. The van der Waals surface area contributed by atoms with E-state index >= 15 is 0 Å². The van der Waals surface area contributed by atoms with Crippen molar-refractivity contribution in [2.24, 2.45) is 0 Å². The van der Waals surface area contributed by atoms with Gasteiger partial charge in [-0.15, -0.1) is 0 Å². The highest BCUT2D eigenvalue weighted by Crippen LogP contribution is 2.16. The van der Waals surface area contributed by atoms with Crippen LogP contribution < -0.4 is 9.80 Å². The van der Waals surface area contributed by atoms with E-state index in [0.717, 1.165) is 37.7 Å². The summed E-state index contributed by atoms with van der Waals surface area (Å²) >= 11 is 0. The van der Waals surface area contributed by atoms with Gasteiger partial charge in [-0.2, -0.15) is 0 Å². The van der Waals surface area contributed by atoms with Crippen molar-refractivity contribution < 1.29 is 0 Å². The average molecular weight is 242 g/mol. The Balaban J connectivity index is 1.65. The van der Waals surface area contributed by atoms with E-state index < -0.39 is 0 Å². The number of hydrogen-bond donors (Lipinski definition) is 0. The van der Waals surface area contributed by atoms with Gasteiger partial charge in [0.2, 0.25) is 0 Å². The van der Waals surface area contributed by atoms with Gasteiger partial charge in [0.25, 0.3) is 0 Å². The summed E-state index contributed by atoms with van der Waals surface area (Å²) in [5, 5.41) is 0. The van der Waals surface area contributed by atoms with E-state index in [0.29, 0.717) is 0 Å². The number of aromatic nitrogens is 4. The molecular weight excluding hydrogens is 228 g/mol. The van der Waals surface area contributed by atoms with Gasteiger partial charge in [0, 0.05) is 32.4 Å². The Morgan fingerprint density at radius 3 is 2.22 bits per heavy atom. The van der Waals surface area contributed by atoms with Crippen molar-refractivity contribution in [2.45, 2.75) is 0 Å². The van der Waals surface area contributed by atoms with Gasteiger partial charge in [0.05, 0.1) is 18.1 Å². The molecule has 0 N–H and O–H groups in total. The summed E-state index contributed by atoms with van der Waals surface area (Å²) in [6.45, 7) is 3.81. The van der Waals surface area contributed by atoms with E-state index in [4.69, 9.17) is 0 Å². The third-order valence-corrected chi connectivity index (χ3v) is 3.08. The number of piperazine rings is 1. The molecule has 1 fully saturated rings. The van der Waals surface area contributed by atoms with Crippen molar-refractivity contribution in [1.82, 2.24) is 19.9 Å². The maximum atomic E-state index is 4.27. The summed E-state index contributed by atoms with van der Waals surface area (Å²) in [5.74, 6) is 0.994. The first kappa shape index (κ1) is 10.9. The van der Waals surface area contributed by atoms with Crippen LogP contribution in [0.2, 0.25) is 0 Å². The van der Waals surface area contributed by atoms with E-state index in [-0.39, 0.29) is 0 Å². The monoisotopic (exact) mass is 242 g/mol. The van der Waals surface area contributed by atoms with Crippen LogP contribution >= 0.6 is 0 Å². The van der Waals surface area contributed by atoms with Crippen molar-refractivity contribution in [3.63, 3.8) is 0 Å². The maximum absolute atomic E-state index is 4.27. The highest BCUT2D eigenvalue weighted by Gasteiger charge is 2.18. The second kappa shape index (κ2) is 4.95. The number of anilines is 2. The lowest BCUT2D eigenvalue weighted by Crippen LogP contribution is -2.46. The van der Waals surface area contributed by atoms with Crippen LogP contribution in [0.25, 0.3) is 0 Å². The molecule has 0 radical (unpaired) electrons. The fourth-order valence-electron chi connectivity index (χ4n) is 2.12. The number of rotatable bonds is 2. The van der Waals surface area contributed by atoms with Gasteiger partial charge in [-0.05, 0) is 6.07 Å². The van der Waals surface area contributed by atoms with Crippen molar-refractivity contribution in [3.8, 4) is 0 Å². The zero-order valence-corrected chi connectivity index (χ0v) is 9.98. The zero-order valence-electron chi connectivity index (χ0n) is 9.98. The quantitative estimate of drug-likeness (QED) is 0.768. The summed E-state index contributed by atoms with van der Waals surface area (Å²) < 4.78 is 0. The summed E-state index contributed by atoms with van der Waals surface area (Å²) in [4.78, 5) is 20.9. The first-order valence-corrected chi connectivity index (χ1v) is 5.94. The van der Waals surface area contributed by atoms with Crippen LogP contribution in [0, 0.1) is 0 Å². The summed E-state index contributed by atoms with van der Waals surface area (Å²) in [7, 11) is 0. The largest absolute Gasteiger partial charge is 0.365 e. The van der Waals surface area contributed by atoms with Gasteiger partial charge in [-0.1, -0.05) is 0 Å². The van der Waals surface area contributed by atoms with E-state index in [9.17, 15) is 0 Å². The van der Waals surface area contributed by atoms with Crippen LogP contribution in [0.3, 0.4) is 0 Å². The zero-order chi connectivity index (χ0) is 12.2. The second-order valence-corrected chi connectivity index (χ2v) is 4.14. The molecule has 1 aliphatic heterocycles. The molecule has 3 rings (SSSR count). The molecule has 0 bridgehead atoms. The van der Waals surface area contributed by atoms with E-state index in [1.165, 1.54) is 0 Å². The number of nitrogens with zero attached hydrogens (tertiary/aromatic N) is 6. The summed E-state index contributed by atoms with van der Waals surface area (Å²) in [5.41, 5.74) is 1.08. The Morgan fingerprint density at radius 2 is 1.56 bits per heavy atom. The smallest absolute Gasteiger partial charge is 0.132 e. The molecule has 0 atom stereocenters. The topological polar surface area (TPSA) is 58.0 Å². The predicted molar refractivity (Wildman–Crippen MR) is 68.5 cm³/mol. The molecule has 92 valence electrons. The van der Waals surface area contributed by atoms with Gasteiger partial charge in [-0.3, -0.25) is 0 Å². The Bertz CT molecular complexity index is 433. The van der Waals surface area contributed by atoms with Gasteiger partial charge in [-0.25, -0.2) is 19.9 Å². The van der Waals surface area contributed by atoms with Gasteiger partial charge < -0.3 is 9.80 Å². The Morgan fingerprint density at radius 1 is 0.833 bits per heavy atom. The molecule has 6 nitrogen and oxygen atoms in total. The first-order chi connectivity index (χ1) is 8.93. The average Bonchev–Trinajstić information content (AvgIpc) is 2.49. The lowest BCUT2D eigenvalue weighted by Gasteiger charge is -2.36. The molecule has 3 heterocycles. The van der Waals surface area contributed by atoms with Crippen LogP contribution in [0.4, 0.5) is 11.5 Å². The fraction of sp³-hybridized carbons (Fsp3) is 0.333. The summed E-state index contributed by atoms with van der Waals surface area (Å²) in [6, 6.07) is 1.95. The molecule has 2 aromatic heterocycles. The number of hydrogen-bond acceptors (Lipinski definition) is 6.